The minimum Gasteiger partial charge on any atom is -0.472 e. The van der Waals surface area contributed by atoms with Gasteiger partial charge >= 0.3 is 5.97 Å². The maximum Gasteiger partial charge on any atom is 0.313 e. The average Bonchev–Trinajstić information content (AvgIpc) is 3.12. The van der Waals surface area contributed by atoms with Crippen LogP contribution in [-0.2, 0) is 14.3 Å². The molecule has 0 radical (unpaired) electrons. The van der Waals surface area contributed by atoms with Crippen LogP contribution in [0.1, 0.15) is 57.6 Å². The minimum atomic E-state index is -0.491. The second-order valence-electron chi connectivity index (χ2n) is 7.87. The zero-order valence-corrected chi connectivity index (χ0v) is 13.8. The summed E-state index contributed by atoms with van der Waals surface area (Å²) >= 11 is 0. The molecule has 0 aromatic carbocycles. The summed E-state index contributed by atoms with van der Waals surface area (Å²) in [6.07, 6.45) is 7.14. The zero-order valence-electron chi connectivity index (χ0n) is 13.8. The third-order valence-corrected chi connectivity index (χ3v) is 6.79. The first kappa shape index (κ1) is 15.0. The summed E-state index contributed by atoms with van der Waals surface area (Å²) in [5.74, 6) is 1.49. The van der Waals surface area contributed by atoms with Crippen molar-refractivity contribution in [3.63, 3.8) is 0 Å². The van der Waals surface area contributed by atoms with E-state index in [1.807, 2.05) is 6.07 Å². The lowest BCUT2D eigenvalue weighted by Gasteiger charge is -2.51. The Morgan fingerprint density at radius 1 is 1.17 bits per heavy atom. The van der Waals surface area contributed by atoms with Gasteiger partial charge in [0.1, 0.15) is 11.9 Å². The third kappa shape index (κ3) is 2.10. The molecule has 2 aliphatic carbocycles. The van der Waals surface area contributed by atoms with Crippen LogP contribution in [0.25, 0.3) is 0 Å². The van der Waals surface area contributed by atoms with Crippen molar-refractivity contribution in [1.82, 2.24) is 0 Å². The Morgan fingerprint density at radius 2 is 2.00 bits per heavy atom. The van der Waals surface area contributed by atoms with Crippen molar-refractivity contribution in [1.29, 1.82) is 0 Å². The second kappa shape index (κ2) is 5.22. The highest BCUT2D eigenvalue weighted by molar-refractivity contribution is 5.84. The van der Waals surface area contributed by atoms with E-state index >= 15 is 0 Å². The Morgan fingerprint density at radius 3 is 2.74 bits per heavy atom. The summed E-state index contributed by atoms with van der Waals surface area (Å²) in [4.78, 5) is 25.2. The number of cyclic esters (lactones) is 1. The molecule has 0 unspecified atom stereocenters. The largest absolute Gasteiger partial charge is 0.472 e. The van der Waals surface area contributed by atoms with E-state index < -0.39 is 5.41 Å². The van der Waals surface area contributed by atoms with Gasteiger partial charge in [-0.25, -0.2) is 0 Å². The monoisotopic (exact) mass is 316 g/mol. The van der Waals surface area contributed by atoms with Crippen molar-refractivity contribution >= 4 is 11.8 Å². The third-order valence-electron chi connectivity index (χ3n) is 6.79. The molecule has 1 aliphatic heterocycles. The first-order valence-corrected chi connectivity index (χ1v) is 8.77. The molecule has 0 N–H and O–H groups in total. The van der Waals surface area contributed by atoms with Crippen molar-refractivity contribution in [2.45, 2.75) is 52.1 Å². The fraction of sp³-hybridized carbons (Fsp3) is 0.684. The van der Waals surface area contributed by atoms with Crippen LogP contribution in [0.4, 0.5) is 0 Å². The van der Waals surface area contributed by atoms with Gasteiger partial charge in [0, 0.05) is 24.8 Å². The Labute approximate surface area is 136 Å². The van der Waals surface area contributed by atoms with Crippen LogP contribution in [0.15, 0.2) is 23.0 Å². The molecule has 4 heteroatoms. The van der Waals surface area contributed by atoms with Crippen molar-refractivity contribution in [2.75, 3.05) is 0 Å². The number of ketones is 1. The number of esters is 1. The number of carbonyl (C=O) groups is 2. The quantitative estimate of drug-likeness (QED) is 0.737. The molecule has 0 amide bonds. The molecule has 124 valence electrons. The van der Waals surface area contributed by atoms with Gasteiger partial charge in [0.2, 0.25) is 0 Å². The van der Waals surface area contributed by atoms with E-state index in [0.29, 0.717) is 36.9 Å². The Bertz CT molecular complexity index is 619. The van der Waals surface area contributed by atoms with Gasteiger partial charge in [0.15, 0.2) is 0 Å². The summed E-state index contributed by atoms with van der Waals surface area (Å²) in [7, 11) is 0. The minimum absolute atomic E-state index is 0.0900. The van der Waals surface area contributed by atoms with Crippen LogP contribution in [0.3, 0.4) is 0 Å². The Kier molecular flexibility index (Phi) is 3.40. The first-order chi connectivity index (χ1) is 11.0. The highest BCUT2D eigenvalue weighted by atomic mass is 16.6. The maximum atomic E-state index is 13.0. The molecule has 6 atom stereocenters. The summed E-state index contributed by atoms with van der Waals surface area (Å²) in [5.41, 5.74) is 0.439. The molecule has 0 bridgehead atoms. The molecule has 3 aliphatic rings. The highest BCUT2D eigenvalue weighted by Crippen LogP contribution is 2.61. The van der Waals surface area contributed by atoms with Gasteiger partial charge < -0.3 is 9.15 Å². The van der Waals surface area contributed by atoms with Gasteiger partial charge in [-0.15, -0.1) is 0 Å². The maximum absolute atomic E-state index is 13.0. The summed E-state index contributed by atoms with van der Waals surface area (Å²) < 4.78 is 10.9. The Hall–Kier alpha value is -1.58. The summed E-state index contributed by atoms with van der Waals surface area (Å²) in [6.45, 7) is 4.34. The molecule has 4 nitrogen and oxygen atoms in total. The number of hydrogen-bond donors (Lipinski definition) is 0. The highest BCUT2D eigenvalue weighted by Gasteiger charge is 2.62. The summed E-state index contributed by atoms with van der Waals surface area (Å²) in [5, 5.41) is 0. The fourth-order valence-corrected chi connectivity index (χ4v) is 5.52. The van der Waals surface area contributed by atoms with Gasteiger partial charge in [-0.1, -0.05) is 13.8 Å². The summed E-state index contributed by atoms with van der Waals surface area (Å²) in [6, 6.07) is 1.87. The molecule has 4 rings (SSSR count). The SMILES string of the molecule is C[C@@H]1CC(=O)C[C@H]2[C@H]1CC[C@@H](C)[C@]21C[C@H](c2ccoc2)OC1=O. The van der Waals surface area contributed by atoms with E-state index in [9.17, 15) is 9.59 Å². The van der Waals surface area contributed by atoms with Gasteiger partial charge in [-0.05, 0) is 42.6 Å². The lowest BCUT2D eigenvalue weighted by atomic mass is 9.50. The molecule has 2 heterocycles. The van der Waals surface area contributed by atoms with E-state index in [1.54, 1.807) is 12.5 Å². The van der Waals surface area contributed by atoms with E-state index in [-0.39, 0.29) is 23.9 Å². The number of rotatable bonds is 1. The average molecular weight is 316 g/mol. The molecule has 1 spiro atoms. The van der Waals surface area contributed by atoms with Gasteiger partial charge in [0.25, 0.3) is 0 Å². The van der Waals surface area contributed by atoms with E-state index in [2.05, 4.69) is 13.8 Å². The first-order valence-electron chi connectivity index (χ1n) is 8.77. The molecule has 23 heavy (non-hydrogen) atoms. The van der Waals surface area contributed by atoms with E-state index in [4.69, 9.17) is 9.15 Å². The van der Waals surface area contributed by atoms with E-state index in [0.717, 1.165) is 18.4 Å². The molecule has 3 fully saturated rings. The number of ether oxygens (including phenoxy) is 1. The lowest BCUT2D eigenvalue weighted by Crippen LogP contribution is -2.52. The van der Waals surface area contributed by atoms with Crippen LogP contribution in [0, 0.1) is 29.1 Å². The smallest absolute Gasteiger partial charge is 0.313 e. The Balaban J connectivity index is 1.71. The zero-order chi connectivity index (χ0) is 16.2. The number of fused-ring (bicyclic) bond motifs is 2. The predicted octanol–water partition coefficient (Wildman–Crippen LogP) is 3.92. The standard InChI is InChI=1S/C19H24O4/c1-11-7-14(20)8-16-15(11)4-3-12(2)19(16)9-17(23-18(19)21)13-5-6-22-10-13/h5-6,10-12,15-17H,3-4,7-9H2,1-2H3/t11-,12-,15+,16+,17-,19-/m1/s1. The number of Topliss-reactive ketones (excluding diaryl/α,β-unsaturated/α-hetero) is 1. The molecular weight excluding hydrogens is 292 g/mol. The van der Waals surface area contributed by atoms with Crippen molar-refractivity contribution < 1.29 is 18.7 Å². The van der Waals surface area contributed by atoms with Crippen LogP contribution < -0.4 is 0 Å². The van der Waals surface area contributed by atoms with Crippen LogP contribution in [0.5, 0.6) is 0 Å². The van der Waals surface area contributed by atoms with Crippen molar-refractivity contribution in [2.24, 2.45) is 29.1 Å². The van der Waals surface area contributed by atoms with Crippen LogP contribution in [-0.4, -0.2) is 11.8 Å². The lowest BCUT2D eigenvalue weighted by molar-refractivity contribution is -0.162. The van der Waals surface area contributed by atoms with Crippen molar-refractivity contribution in [3.8, 4) is 0 Å². The molecule has 2 saturated carbocycles. The number of furan rings is 1. The normalized spacial score (nSPS) is 43.5. The van der Waals surface area contributed by atoms with Crippen molar-refractivity contribution in [3.05, 3.63) is 24.2 Å². The number of carbonyl (C=O) groups excluding carboxylic acids is 2. The van der Waals surface area contributed by atoms with E-state index in [1.165, 1.54) is 0 Å². The molecule has 1 saturated heterocycles. The predicted molar refractivity (Wildman–Crippen MR) is 83.4 cm³/mol. The van der Waals surface area contributed by atoms with Gasteiger partial charge in [-0.3, -0.25) is 9.59 Å². The molecular formula is C19H24O4. The topological polar surface area (TPSA) is 56.5 Å². The second-order valence-corrected chi connectivity index (χ2v) is 7.87. The number of hydrogen-bond acceptors (Lipinski definition) is 4. The van der Waals surface area contributed by atoms with Gasteiger partial charge in [-0.2, -0.15) is 0 Å². The van der Waals surface area contributed by atoms with Crippen LogP contribution in [0.2, 0.25) is 0 Å². The molecule has 1 aromatic heterocycles. The van der Waals surface area contributed by atoms with Crippen LogP contribution >= 0.6 is 0 Å². The van der Waals surface area contributed by atoms with Gasteiger partial charge in [0.05, 0.1) is 17.9 Å². The fourth-order valence-electron chi connectivity index (χ4n) is 5.52. The molecule has 1 aromatic rings.